The standard InChI is InChI=1S/C31H28N2O.CO2/c1-2-29(25-13-7-4-8-14-25)32-31(34)28-16-17-30-27(21-28)18-19-33(30)22-23-10-9-15-26(20-23)24-11-5-3-6-12-24;2-1-3/h3-21,29H,2,22H2,1H3,(H,32,34);. The molecule has 5 heteroatoms. The van der Waals surface area contributed by atoms with E-state index in [4.69, 9.17) is 9.59 Å². The molecule has 1 heterocycles. The van der Waals surface area contributed by atoms with Crippen molar-refractivity contribution in [2.24, 2.45) is 0 Å². The summed E-state index contributed by atoms with van der Waals surface area (Å²) in [7, 11) is 0. The third-order valence-corrected chi connectivity index (χ3v) is 6.34. The highest BCUT2D eigenvalue weighted by molar-refractivity contribution is 5.98. The van der Waals surface area contributed by atoms with Gasteiger partial charge in [0, 0.05) is 29.2 Å². The first-order valence-corrected chi connectivity index (χ1v) is 12.2. The molecule has 1 N–H and O–H groups in total. The van der Waals surface area contributed by atoms with Gasteiger partial charge < -0.3 is 9.88 Å². The smallest absolute Gasteiger partial charge is 0.345 e. The van der Waals surface area contributed by atoms with Crippen LogP contribution in [0.1, 0.15) is 40.9 Å². The van der Waals surface area contributed by atoms with E-state index in [1.807, 2.05) is 36.4 Å². The lowest BCUT2D eigenvalue weighted by Crippen LogP contribution is -2.28. The zero-order chi connectivity index (χ0) is 26.0. The van der Waals surface area contributed by atoms with Crippen molar-refractivity contribution in [2.75, 3.05) is 0 Å². The van der Waals surface area contributed by atoms with Crippen LogP contribution in [0.4, 0.5) is 0 Å². The van der Waals surface area contributed by atoms with Gasteiger partial charge in [0.2, 0.25) is 0 Å². The Labute approximate surface area is 216 Å². The van der Waals surface area contributed by atoms with Crippen molar-refractivity contribution in [3.05, 3.63) is 132 Å². The van der Waals surface area contributed by atoms with Crippen LogP contribution in [-0.2, 0) is 16.1 Å². The molecule has 37 heavy (non-hydrogen) atoms. The molecule has 0 bridgehead atoms. The summed E-state index contributed by atoms with van der Waals surface area (Å²) in [5, 5.41) is 4.26. The summed E-state index contributed by atoms with van der Waals surface area (Å²) >= 11 is 0. The fraction of sp³-hybridized carbons (Fsp3) is 0.125. The van der Waals surface area contributed by atoms with E-state index in [2.05, 4.69) is 95.8 Å². The molecule has 1 atom stereocenters. The van der Waals surface area contributed by atoms with E-state index in [1.54, 1.807) is 0 Å². The van der Waals surface area contributed by atoms with Crippen LogP contribution in [0.3, 0.4) is 0 Å². The molecule has 0 aliphatic heterocycles. The second-order valence-corrected chi connectivity index (χ2v) is 8.71. The molecule has 0 aliphatic rings. The first-order chi connectivity index (χ1) is 18.1. The molecule has 1 unspecified atom stereocenters. The second kappa shape index (κ2) is 12.3. The van der Waals surface area contributed by atoms with Crippen LogP contribution in [-0.4, -0.2) is 16.6 Å². The van der Waals surface area contributed by atoms with Crippen molar-refractivity contribution >= 4 is 23.0 Å². The Balaban J connectivity index is 0.00000102. The van der Waals surface area contributed by atoms with Gasteiger partial charge in [0.05, 0.1) is 6.04 Å². The molecule has 0 radical (unpaired) electrons. The van der Waals surface area contributed by atoms with Crippen molar-refractivity contribution in [2.45, 2.75) is 25.9 Å². The molecule has 0 spiro atoms. The van der Waals surface area contributed by atoms with Gasteiger partial charge in [-0.2, -0.15) is 9.59 Å². The van der Waals surface area contributed by atoms with E-state index in [0.29, 0.717) is 5.56 Å². The average molecular weight is 489 g/mol. The first-order valence-electron chi connectivity index (χ1n) is 12.2. The lowest BCUT2D eigenvalue weighted by Gasteiger charge is -2.17. The van der Waals surface area contributed by atoms with Crippen LogP contribution in [0.25, 0.3) is 22.0 Å². The molecule has 0 saturated heterocycles. The van der Waals surface area contributed by atoms with Gasteiger partial charge in [0.25, 0.3) is 5.91 Å². The molecule has 0 saturated carbocycles. The van der Waals surface area contributed by atoms with Crippen molar-refractivity contribution in [1.82, 2.24) is 9.88 Å². The summed E-state index contributed by atoms with van der Waals surface area (Å²) in [6.45, 7) is 2.87. The Kier molecular flexibility index (Phi) is 8.43. The quantitative estimate of drug-likeness (QED) is 0.279. The SMILES string of the molecule is CCC(NC(=O)c1ccc2c(ccn2Cc2cccc(-c3ccccc3)c2)c1)c1ccccc1.O=C=O. The van der Waals surface area contributed by atoms with Gasteiger partial charge in [-0.05, 0) is 59.0 Å². The van der Waals surface area contributed by atoms with Gasteiger partial charge in [0.15, 0.2) is 0 Å². The predicted molar refractivity (Wildman–Crippen MR) is 145 cm³/mol. The second-order valence-electron chi connectivity index (χ2n) is 8.71. The zero-order valence-electron chi connectivity index (χ0n) is 20.6. The first kappa shape index (κ1) is 25.4. The molecule has 1 amide bonds. The minimum Gasteiger partial charge on any atom is -0.345 e. The monoisotopic (exact) mass is 488 g/mol. The highest BCUT2D eigenvalue weighted by atomic mass is 16.2. The molecule has 0 fully saturated rings. The number of hydrogen-bond donors (Lipinski definition) is 1. The number of aromatic nitrogens is 1. The van der Waals surface area contributed by atoms with Crippen LogP contribution in [0.2, 0.25) is 0 Å². The third kappa shape index (κ3) is 6.29. The van der Waals surface area contributed by atoms with Gasteiger partial charge in [-0.15, -0.1) is 0 Å². The number of fused-ring (bicyclic) bond motifs is 1. The summed E-state index contributed by atoms with van der Waals surface area (Å²) in [6.07, 6.45) is 3.19. The number of carbonyl (C=O) groups excluding carboxylic acids is 3. The molecule has 1 aromatic heterocycles. The fourth-order valence-corrected chi connectivity index (χ4v) is 4.50. The van der Waals surface area contributed by atoms with Gasteiger partial charge in [0.1, 0.15) is 0 Å². The number of nitrogens with zero attached hydrogens (tertiary/aromatic N) is 1. The molecule has 0 aliphatic carbocycles. The van der Waals surface area contributed by atoms with Crippen LogP contribution in [0.5, 0.6) is 0 Å². The number of benzene rings is 4. The maximum atomic E-state index is 13.0. The van der Waals surface area contributed by atoms with E-state index in [9.17, 15) is 4.79 Å². The minimum absolute atomic E-state index is 0.00545. The molecular formula is C32H28N2O3. The highest BCUT2D eigenvalue weighted by Crippen LogP contribution is 2.24. The van der Waals surface area contributed by atoms with Crippen LogP contribution < -0.4 is 5.32 Å². The van der Waals surface area contributed by atoms with Gasteiger partial charge in [-0.1, -0.05) is 85.8 Å². The summed E-state index contributed by atoms with van der Waals surface area (Å²) < 4.78 is 2.24. The van der Waals surface area contributed by atoms with Crippen molar-refractivity contribution in [1.29, 1.82) is 0 Å². The molecule has 5 aromatic rings. The van der Waals surface area contributed by atoms with Crippen LogP contribution in [0, 0.1) is 0 Å². The Morgan fingerprint density at radius 1 is 0.811 bits per heavy atom. The van der Waals surface area contributed by atoms with E-state index >= 15 is 0 Å². The van der Waals surface area contributed by atoms with Crippen LogP contribution in [0.15, 0.2) is 115 Å². The number of nitrogens with one attached hydrogen (secondary N) is 1. The lowest BCUT2D eigenvalue weighted by molar-refractivity contribution is -0.191. The molecule has 184 valence electrons. The molecule has 5 rings (SSSR count). The third-order valence-electron chi connectivity index (χ3n) is 6.34. The number of carbonyl (C=O) groups is 1. The summed E-state index contributed by atoms with van der Waals surface area (Å²) in [6, 6.07) is 37.3. The van der Waals surface area contributed by atoms with Gasteiger partial charge >= 0.3 is 6.15 Å². The molecule has 4 aromatic carbocycles. The highest BCUT2D eigenvalue weighted by Gasteiger charge is 2.15. The van der Waals surface area contributed by atoms with Gasteiger partial charge in [-0.3, -0.25) is 4.79 Å². The predicted octanol–water partition coefficient (Wildman–Crippen LogP) is 6.65. The van der Waals surface area contributed by atoms with E-state index in [-0.39, 0.29) is 18.1 Å². The van der Waals surface area contributed by atoms with E-state index < -0.39 is 0 Å². The maximum absolute atomic E-state index is 13.0. The molecular weight excluding hydrogens is 460 g/mol. The number of amides is 1. The van der Waals surface area contributed by atoms with E-state index in [0.717, 1.165) is 29.4 Å². The molecule has 5 nitrogen and oxygen atoms in total. The van der Waals surface area contributed by atoms with Crippen molar-refractivity contribution in [3.63, 3.8) is 0 Å². The normalized spacial score (nSPS) is 11.2. The summed E-state index contributed by atoms with van der Waals surface area (Å²) in [5.41, 5.74) is 6.62. The lowest BCUT2D eigenvalue weighted by atomic mass is 10.0. The number of hydrogen-bond acceptors (Lipinski definition) is 3. The average Bonchev–Trinajstić information content (AvgIpc) is 3.35. The largest absolute Gasteiger partial charge is 0.373 e. The van der Waals surface area contributed by atoms with E-state index in [1.165, 1.54) is 16.7 Å². The fourth-order valence-electron chi connectivity index (χ4n) is 4.50. The summed E-state index contributed by atoms with van der Waals surface area (Å²) in [4.78, 5) is 29.2. The maximum Gasteiger partial charge on any atom is 0.373 e. The van der Waals surface area contributed by atoms with Crippen molar-refractivity contribution in [3.8, 4) is 11.1 Å². The number of rotatable bonds is 7. The minimum atomic E-state index is -0.0408. The Morgan fingerprint density at radius 2 is 1.49 bits per heavy atom. The van der Waals surface area contributed by atoms with Crippen LogP contribution >= 0.6 is 0 Å². The topological polar surface area (TPSA) is 68.2 Å². The Bertz CT molecular complexity index is 1500. The zero-order valence-corrected chi connectivity index (χ0v) is 20.6. The van der Waals surface area contributed by atoms with Crippen molar-refractivity contribution < 1.29 is 14.4 Å². The van der Waals surface area contributed by atoms with Gasteiger partial charge in [-0.25, -0.2) is 0 Å². The Hall–Kier alpha value is -4.73. The summed E-state index contributed by atoms with van der Waals surface area (Å²) in [5.74, 6) is -0.0408. The Morgan fingerprint density at radius 3 is 2.19 bits per heavy atom.